The highest BCUT2D eigenvalue weighted by Crippen LogP contribution is 2.40. The normalized spacial score (nSPS) is 44.1. The third-order valence-corrected chi connectivity index (χ3v) is 4.27. The Morgan fingerprint density at radius 1 is 1.53 bits per heavy atom. The van der Waals surface area contributed by atoms with E-state index in [1.54, 1.807) is 0 Å². The van der Waals surface area contributed by atoms with Crippen LogP contribution in [-0.2, 0) is 4.79 Å². The van der Waals surface area contributed by atoms with Gasteiger partial charge >= 0.3 is 0 Å². The summed E-state index contributed by atoms with van der Waals surface area (Å²) in [5.41, 5.74) is 5.12. The molecule has 0 aromatic carbocycles. The minimum atomic E-state index is -0.852. The summed E-state index contributed by atoms with van der Waals surface area (Å²) in [6, 6.07) is -1.23. The first-order valence-corrected chi connectivity index (χ1v) is 6.28. The molecule has 0 radical (unpaired) electrons. The molecule has 104 valence electrons. The van der Waals surface area contributed by atoms with Crippen LogP contribution in [0.25, 0.3) is 0 Å². The quantitative estimate of drug-likeness (QED) is 0.365. The average Bonchev–Trinajstić information content (AvgIpc) is 2.79. The first-order chi connectivity index (χ1) is 8.87. The molecule has 19 heavy (non-hydrogen) atoms. The van der Waals surface area contributed by atoms with Crippen LogP contribution in [0.3, 0.4) is 0 Å². The van der Waals surface area contributed by atoms with Crippen LogP contribution < -0.4 is 21.7 Å². The third kappa shape index (κ3) is 1.36. The summed E-state index contributed by atoms with van der Waals surface area (Å²) in [4.78, 5) is 13.7. The molecular weight excluding hydrogens is 246 g/mol. The fourth-order valence-corrected chi connectivity index (χ4v) is 3.44. The molecule has 0 bridgehead atoms. The van der Waals surface area contributed by atoms with E-state index in [9.17, 15) is 9.90 Å². The summed E-state index contributed by atoms with van der Waals surface area (Å²) in [6.45, 7) is 9.76. The van der Waals surface area contributed by atoms with E-state index in [0.717, 1.165) is 0 Å². The minimum absolute atomic E-state index is 0.0261. The Morgan fingerprint density at radius 3 is 2.84 bits per heavy atom. The number of hydrogen-bond donors (Lipinski definition) is 5. The molecule has 7 nitrogen and oxygen atoms in total. The smallest absolute Gasteiger partial charge is 0.164 e. The van der Waals surface area contributed by atoms with Crippen LogP contribution in [-0.4, -0.2) is 52.2 Å². The lowest BCUT2D eigenvalue weighted by atomic mass is 9.86. The molecule has 6 N–H and O–H groups in total. The molecular formula is C12H19N5O2. The zero-order chi connectivity index (χ0) is 13.9. The highest BCUT2D eigenvalue weighted by Gasteiger charge is 2.65. The second kappa shape index (κ2) is 3.64. The number of nitrogens with two attached hydrogens (primary N) is 1. The average molecular weight is 265 g/mol. The van der Waals surface area contributed by atoms with Gasteiger partial charge in [-0.05, 0) is 6.92 Å². The Bertz CT molecular complexity index is 479. The molecule has 0 saturated carbocycles. The predicted molar refractivity (Wildman–Crippen MR) is 69.4 cm³/mol. The van der Waals surface area contributed by atoms with E-state index in [2.05, 4.69) is 29.1 Å². The van der Waals surface area contributed by atoms with Crippen LogP contribution in [0.4, 0.5) is 0 Å². The lowest BCUT2D eigenvalue weighted by Gasteiger charge is -2.49. The number of Topliss-reactive ketones (excluding diaryl/α,β-unsaturated/α-hetero) is 1. The fourth-order valence-electron chi connectivity index (χ4n) is 3.44. The topological polar surface area (TPSA) is 103 Å². The molecule has 3 aliphatic heterocycles. The molecule has 1 spiro atoms. The number of carbonyl (C=O) groups is 1. The summed E-state index contributed by atoms with van der Waals surface area (Å²) in [5, 5.41) is 19.9. The van der Waals surface area contributed by atoms with Crippen LogP contribution in [0.5, 0.6) is 0 Å². The molecule has 3 saturated heterocycles. The molecule has 0 aromatic rings. The van der Waals surface area contributed by atoms with Crippen LogP contribution in [0.1, 0.15) is 6.92 Å². The number of nitrogens with zero attached hydrogens (tertiary/aromatic N) is 1. The minimum Gasteiger partial charge on any atom is -0.387 e. The van der Waals surface area contributed by atoms with Crippen molar-refractivity contribution in [3.8, 4) is 0 Å². The molecule has 3 fully saturated rings. The number of rotatable bonds is 1. The van der Waals surface area contributed by atoms with Crippen molar-refractivity contribution in [1.29, 1.82) is 0 Å². The van der Waals surface area contributed by atoms with E-state index in [4.69, 9.17) is 5.73 Å². The summed E-state index contributed by atoms with van der Waals surface area (Å²) in [5.74, 6) is 1.14. The number of carbonyl (C=O) groups excluding carboxylic acids is 1. The van der Waals surface area contributed by atoms with Crippen molar-refractivity contribution in [1.82, 2.24) is 20.9 Å². The molecule has 7 heteroatoms. The van der Waals surface area contributed by atoms with Gasteiger partial charge in [-0.2, -0.15) is 0 Å². The summed E-state index contributed by atoms with van der Waals surface area (Å²) >= 11 is 0. The maximum atomic E-state index is 11.8. The standard InChI is InChI=1S/C12H19N5O2/c1-5(18)9-10-12(16-6(2)14-10)11(19)8(13)4-17(12)7(3)15-9/h8-11,14-16,19H,2-4,13H2,1H3/t8-,9-,10?,11-,12?/m0/s1. The predicted octanol–water partition coefficient (Wildman–Crippen LogP) is -2.25. The van der Waals surface area contributed by atoms with Gasteiger partial charge in [-0.1, -0.05) is 13.2 Å². The zero-order valence-corrected chi connectivity index (χ0v) is 10.8. The van der Waals surface area contributed by atoms with Crippen molar-refractivity contribution in [2.45, 2.75) is 36.8 Å². The van der Waals surface area contributed by atoms with Crippen molar-refractivity contribution in [3.05, 3.63) is 24.8 Å². The van der Waals surface area contributed by atoms with E-state index >= 15 is 0 Å². The van der Waals surface area contributed by atoms with Gasteiger partial charge < -0.3 is 31.7 Å². The van der Waals surface area contributed by atoms with Gasteiger partial charge in [0.25, 0.3) is 0 Å². The Hall–Kier alpha value is -1.73. The van der Waals surface area contributed by atoms with Crippen molar-refractivity contribution in [2.24, 2.45) is 5.73 Å². The Labute approximate surface area is 111 Å². The molecule has 0 amide bonds. The molecule has 3 heterocycles. The Balaban J connectivity index is 2.10. The second-order valence-corrected chi connectivity index (χ2v) is 5.45. The third-order valence-electron chi connectivity index (χ3n) is 4.27. The maximum Gasteiger partial charge on any atom is 0.164 e. The van der Waals surface area contributed by atoms with Gasteiger partial charge in [0.05, 0.1) is 23.7 Å². The molecule has 3 aliphatic rings. The largest absolute Gasteiger partial charge is 0.387 e. The maximum absolute atomic E-state index is 11.8. The van der Waals surface area contributed by atoms with E-state index in [0.29, 0.717) is 18.2 Å². The van der Waals surface area contributed by atoms with E-state index in [-0.39, 0.29) is 11.8 Å². The van der Waals surface area contributed by atoms with Crippen molar-refractivity contribution < 1.29 is 9.90 Å². The van der Waals surface area contributed by atoms with Gasteiger partial charge in [0.15, 0.2) is 11.4 Å². The summed E-state index contributed by atoms with van der Waals surface area (Å²) in [6.07, 6.45) is -0.815. The number of nitrogens with one attached hydrogen (secondary N) is 3. The number of ketones is 1. The number of hydrogen-bond acceptors (Lipinski definition) is 7. The highest BCUT2D eigenvalue weighted by molar-refractivity contribution is 5.83. The van der Waals surface area contributed by atoms with Gasteiger partial charge in [0.2, 0.25) is 0 Å². The molecule has 3 rings (SSSR count). The zero-order valence-electron chi connectivity index (χ0n) is 10.8. The Kier molecular flexibility index (Phi) is 2.36. The van der Waals surface area contributed by atoms with Gasteiger partial charge in [0.1, 0.15) is 12.1 Å². The van der Waals surface area contributed by atoms with Crippen molar-refractivity contribution in [2.75, 3.05) is 6.54 Å². The molecule has 2 unspecified atom stereocenters. The molecule has 5 atom stereocenters. The van der Waals surface area contributed by atoms with E-state index in [1.165, 1.54) is 6.92 Å². The van der Waals surface area contributed by atoms with Crippen molar-refractivity contribution >= 4 is 5.78 Å². The van der Waals surface area contributed by atoms with Crippen LogP contribution in [0.15, 0.2) is 24.8 Å². The van der Waals surface area contributed by atoms with Crippen LogP contribution in [0.2, 0.25) is 0 Å². The Morgan fingerprint density at radius 2 is 2.21 bits per heavy atom. The number of aliphatic hydroxyl groups is 1. The lowest BCUT2D eigenvalue weighted by Crippen LogP contribution is -2.75. The number of aliphatic hydroxyl groups excluding tert-OH is 1. The second-order valence-electron chi connectivity index (χ2n) is 5.45. The van der Waals surface area contributed by atoms with Gasteiger partial charge in [-0.25, -0.2) is 0 Å². The lowest BCUT2D eigenvalue weighted by molar-refractivity contribution is -0.122. The van der Waals surface area contributed by atoms with E-state index < -0.39 is 23.9 Å². The van der Waals surface area contributed by atoms with Gasteiger partial charge in [-0.15, -0.1) is 0 Å². The summed E-state index contributed by atoms with van der Waals surface area (Å²) < 4.78 is 0. The molecule has 0 aromatic heterocycles. The van der Waals surface area contributed by atoms with Crippen LogP contribution in [0, 0.1) is 0 Å². The van der Waals surface area contributed by atoms with Crippen molar-refractivity contribution in [3.63, 3.8) is 0 Å². The fraction of sp³-hybridized carbons (Fsp3) is 0.583. The first kappa shape index (κ1) is 12.3. The molecule has 0 aliphatic carbocycles. The van der Waals surface area contributed by atoms with Crippen LogP contribution >= 0.6 is 0 Å². The highest BCUT2D eigenvalue weighted by atomic mass is 16.3. The van der Waals surface area contributed by atoms with Gasteiger partial charge in [-0.3, -0.25) is 4.79 Å². The summed E-state index contributed by atoms with van der Waals surface area (Å²) in [7, 11) is 0. The monoisotopic (exact) mass is 265 g/mol. The van der Waals surface area contributed by atoms with Gasteiger partial charge in [0, 0.05) is 6.54 Å². The first-order valence-electron chi connectivity index (χ1n) is 6.28. The van der Waals surface area contributed by atoms with E-state index in [1.807, 2.05) is 4.90 Å². The SMILES string of the molecule is C=C1NC2[C@H](C(C)=O)NC(=C)N3C[C@H](N)[C@H](O)C23N1.